The lowest BCUT2D eigenvalue weighted by Gasteiger charge is -2.26. The fraction of sp³-hybridized carbons (Fsp3) is 0.240. The molecule has 0 aromatic heterocycles. The Balaban J connectivity index is 2.05. The Morgan fingerprint density at radius 2 is 1.30 bits per heavy atom. The third-order valence-corrected chi connectivity index (χ3v) is 7.30. The van der Waals surface area contributed by atoms with E-state index in [-0.39, 0.29) is 27.1 Å². The Labute approximate surface area is 220 Å². The zero-order chi connectivity index (χ0) is 27.2. The lowest BCUT2D eigenvalue weighted by Crippen LogP contribution is -2.38. The highest BCUT2D eigenvalue weighted by molar-refractivity contribution is 7.92. The van der Waals surface area contributed by atoms with Gasteiger partial charge in [-0.3, -0.25) is 9.10 Å². The minimum absolute atomic E-state index is 0.0762. The van der Waals surface area contributed by atoms with Crippen molar-refractivity contribution >= 4 is 38.9 Å². The van der Waals surface area contributed by atoms with Gasteiger partial charge in [0.1, 0.15) is 12.3 Å². The van der Waals surface area contributed by atoms with Crippen LogP contribution in [0, 0.1) is 0 Å². The number of rotatable bonds is 11. The van der Waals surface area contributed by atoms with E-state index >= 15 is 0 Å². The van der Waals surface area contributed by atoms with Crippen LogP contribution in [0.1, 0.15) is 0 Å². The van der Waals surface area contributed by atoms with Crippen molar-refractivity contribution in [2.75, 3.05) is 51.7 Å². The molecule has 0 heterocycles. The van der Waals surface area contributed by atoms with E-state index in [0.717, 1.165) is 4.31 Å². The van der Waals surface area contributed by atoms with Crippen molar-refractivity contribution in [3.05, 3.63) is 59.6 Å². The maximum absolute atomic E-state index is 13.9. The summed E-state index contributed by atoms with van der Waals surface area (Å²) in [6.07, 6.45) is 0. The first-order valence-electron chi connectivity index (χ1n) is 10.8. The smallest absolute Gasteiger partial charge is 0.265 e. The van der Waals surface area contributed by atoms with Gasteiger partial charge < -0.3 is 29.0 Å². The number of benzene rings is 3. The molecule has 10 nitrogen and oxygen atoms in total. The summed E-state index contributed by atoms with van der Waals surface area (Å²) in [5.41, 5.74) is 0.455. The van der Waals surface area contributed by atoms with Crippen LogP contribution in [0.5, 0.6) is 28.7 Å². The molecule has 3 aromatic carbocycles. The van der Waals surface area contributed by atoms with Gasteiger partial charge >= 0.3 is 0 Å². The van der Waals surface area contributed by atoms with Gasteiger partial charge in [0.05, 0.1) is 46.1 Å². The van der Waals surface area contributed by atoms with E-state index in [1.807, 2.05) is 0 Å². The summed E-state index contributed by atoms with van der Waals surface area (Å²) in [5, 5.41) is 2.94. The molecule has 1 N–H and O–H groups in total. The Morgan fingerprint density at radius 1 is 0.757 bits per heavy atom. The monoisotopic (exact) mass is 550 g/mol. The van der Waals surface area contributed by atoms with Crippen molar-refractivity contribution in [3.8, 4) is 28.7 Å². The number of sulfonamides is 1. The van der Waals surface area contributed by atoms with E-state index in [0.29, 0.717) is 22.9 Å². The first-order valence-corrected chi connectivity index (χ1v) is 12.6. The third kappa shape index (κ3) is 6.12. The van der Waals surface area contributed by atoms with Gasteiger partial charge in [-0.1, -0.05) is 11.6 Å². The second-order valence-corrected chi connectivity index (χ2v) is 9.76. The van der Waals surface area contributed by atoms with Crippen LogP contribution in [0.4, 0.5) is 11.4 Å². The minimum Gasteiger partial charge on any atom is -0.495 e. The molecular weight excluding hydrogens is 524 g/mol. The highest BCUT2D eigenvalue weighted by Crippen LogP contribution is 2.37. The predicted molar refractivity (Wildman–Crippen MR) is 140 cm³/mol. The van der Waals surface area contributed by atoms with Crippen molar-refractivity contribution in [2.45, 2.75) is 4.90 Å². The number of hydrogen-bond donors (Lipinski definition) is 1. The number of hydrogen-bond acceptors (Lipinski definition) is 8. The normalized spacial score (nSPS) is 10.9. The van der Waals surface area contributed by atoms with Gasteiger partial charge in [-0.15, -0.1) is 0 Å². The first-order chi connectivity index (χ1) is 17.7. The van der Waals surface area contributed by atoms with E-state index < -0.39 is 22.5 Å². The third-order valence-electron chi connectivity index (χ3n) is 5.31. The van der Waals surface area contributed by atoms with E-state index in [4.69, 9.17) is 35.3 Å². The van der Waals surface area contributed by atoms with Gasteiger partial charge in [0, 0.05) is 22.8 Å². The van der Waals surface area contributed by atoms with Gasteiger partial charge in [-0.05, 0) is 42.5 Å². The van der Waals surface area contributed by atoms with Crippen LogP contribution in [0.15, 0.2) is 59.5 Å². The van der Waals surface area contributed by atoms with Crippen molar-refractivity contribution in [3.63, 3.8) is 0 Å². The van der Waals surface area contributed by atoms with Crippen LogP contribution in [-0.4, -0.2) is 56.4 Å². The Morgan fingerprint density at radius 3 is 1.89 bits per heavy atom. The quantitative estimate of drug-likeness (QED) is 0.378. The summed E-state index contributed by atoms with van der Waals surface area (Å²) < 4.78 is 55.0. The van der Waals surface area contributed by atoms with Gasteiger partial charge in [0.15, 0.2) is 23.0 Å². The molecule has 37 heavy (non-hydrogen) atoms. The number of anilines is 2. The largest absolute Gasteiger partial charge is 0.495 e. The lowest BCUT2D eigenvalue weighted by atomic mass is 10.2. The SMILES string of the molecule is COc1ccc(NC(=O)CN(c2cc(Cl)ccc2OC)S(=O)(=O)c2ccc(OC)c(OC)c2)cc1OC. The summed E-state index contributed by atoms with van der Waals surface area (Å²) >= 11 is 6.19. The molecule has 0 atom stereocenters. The molecule has 0 aliphatic rings. The molecule has 0 unspecified atom stereocenters. The standard InChI is InChI=1S/C25H27ClN2O8S/c1-32-20-9-6-16(26)12-19(20)28(37(30,31)18-8-11-22(34-3)24(14-18)36-5)15-25(29)27-17-7-10-21(33-2)23(13-17)35-4/h6-14H,15H2,1-5H3,(H,27,29). The topological polar surface area (TPSA) is 113 Å². The number of amides is 1. The highest BCUT2D eigenvalue weighted by atomic mass is 35.5. The number of carbonyl (C=O) groups is 1. The van der Waals surface area contributed by atoms with Gasteiger partial charge in [-0.25, -0.2) is 8.42 Å². The first kappa shape index (κ1) is 27.8. The number of nitrogens with one attached hydrogen (secondary N) is 1. The molecular formula is C25H27ClN2O8S. The number of ether oxygens (including phenoxy) is 5. The Bertz CT molecular complexity index is 1380. The minimum atomic E-state index is -4.32. The van der Waals surface area contributed by atoms with E-state index in [9.17, 15) is 13.2 Å². The molecule has 3 aromatic rings. The number of halogens is 1. The fourth-order valence-corrected chi connectivity index (χ4v) is 5.11. The summed E-state index contributed by atoms with van der Waals surface area (Å²) in [6, 6.07) is 13.4. The van der Waals surface area contributed by atoms with Crippen molar-refractivity contribution in [1.29, 1.82) is 0 Å². The molecule has 198 valence electrons. The van der Waals surface area contributed by atoms with Crippen LogP contribution in [0.25, 0.3) is 0 Å². The maximum atomic E-state index is 13.9. The van der Waals surface area contributed by atoms with Gasteiger partial charge in [0.2, 0.25) is 5.91 Å². The average molecular weight is 551 g/mol. The summed E-state index contributed by atoms with van der Waals surface area (Å²) in [6.45, 7) is -0.596. The van der Waals surface area contributed by atoms with Crippen LogP contribution in [0.3, 0.4) is 0 Å². The van der Waals surface area contributed by atoms with Crippen LogP contribution in [0.2, 0.25) is 5.02 Å². The predicted octanol–water partition coefficient (Wildman–Crippen LogP) is 4.22. The molecule has 0 spiro atoms. The highest BCUT2D eigenvalue weighted by Gasteiger charge is 2.31. The van der Waals surface area contributed by atoms with Crippen molar-refractivity contribution in [1.82, 2.24) is 0 Å². The van der Waals surface area contributed by atoms with Gasteiger partial charge in [-0.2, -0.15) is 0 Å². The maximum Gasteiger partial charge on any atom is 0.265 e. The molecule has 0 saturated carbocycles. The molecule has 3 rings (SSSR count). The zero-order valence-corrected chi connectivity index (χ0v) is 22.5. The summed E-state index contributed by atoms with van der Waals surface area (Å²) in [7, 11) is 2.85. The van der Waals surface area contributed by atoms with Gasteiger partial charge in [0.25, 0.3) is 10.0 Å². The molecule has 1 amide bonds. The number of methoxy groups -OCH3 is 5. The van der Waals surface area contributed by atoms with E-state index in [2.05, 4.69) is 5.32 Å². The van der Waals surface area contributed by atoms with Crippen LogP contribution >= 0.6 is 11.6 Å². The lowest BCUT2D eigenvalue weighted by molar-refractivity contribution is -0.114. The van der Waals surface area contributed by atoms with Crippen LogP contribution < -0.4 is 33.3 Å². The molecule has 0 saturated heterocycles. The van der Waals surface area contributed by atoms with E-state index in [1.54, 1.807) is 24.3 Å². The second kappa shape index (κ2) is 11.9. The molecule has 0 radical (unpaired) electrons. The molecule has 0 bridgehead atoms. The number of nitrogens with zero attached hydrogens (tertiary/aromatic N) is 1. The molecule has 0 aliphatic heterocycles. The average Bonchev–Trinajstić information content (AvgIpc) is 2.90. The second-order valence-electron chi connectivity index (χ2n) is 7.46. The Kier molecular flexibility index (Phi) is 8.95. The summed E-state index contributed by atoms with van der Waals surface area (Å²) in [5.74, 6) is 0.995. The Hall–Kier alpha value is -3.83. The zero-order valence-electron chi connectivity index (χ0n) is 20.9. The van der Waals surface area contributed by atoms with E-state index in [1.165, 1.54) is 65.9 Å². The molecule has 0 aliphatic carbocycles. The molecule has 0 fully saturated rings. The number of carbonyl (C=O) groups excluding carboxylic acids is 1. The van der Waals surface area contributed by atoms with Crippen LogP contribution in [-0.2, 0) is 14.8 Å². The fourth-order valence-electron chi connectivity index (χ4n) is 3.51. The van der Waals surface area contributed by atoms with Crippen molar-refractivity contribution in [2.24, 2.45) is 0 Å². The molecule has 12 heteroatoms. The van der Waals surface area contributed by atoms with Crippen molar-refractivity contribution < 1.29 is 36.9 Å². The summed E-state index contributed by atoms with van der Waals surface area (Å²) in [4.78, 5) is 13.0.